The first-order valence-corrected chi connectivity index (χ1v) is 23.7. The van der Waals surface area contributed by atoms with Crippen molar-refractivity contribution in [3.8, 4) is 17.2 Å². The molecule has 6 atom stereocenters. The summed E-state index contributed by atoms with van der Waals surface area (Å²) in [6, 6.07) is 33.0. The first kappa shape index (κ1) is 52.2. The highest BCUT2D eigenvalue weighted by Gasteiger charge is 2.48. The Hall–Kier alpha value is -4.81. The van der Waals surface area contributed by atoms with E-state index in [0.29, 0.717) is 5.75 Å². The van der Waals surface area contributed by atoms with Crippen LogP contribution in [0.3, 0.4) is 0 Å². The van der Waals surface area contributed by atoms with Gasteiger partial charge in [0.15, 0.2) is 6.29 Å². The molecule has 1 amide bonds. The van der Waals surface area contributed by atoms with Gasteiger partial charge in [-0.15, -0.1) is 0 Å². The summed E-state index contributed by atoms with van der Waals surface area (Å²) in [5, 5.41) is 6.54. The van der Waals surface area contributed by atoms with Gasteiger partial charge in [-0.25, -0.2) is 16.0 Å². The van der Waals surface area contributed by atoms with Gasteiger partial charge in [-0.1, -0.05) is 87.5 Å². The van der Waals surface area contributed by atoms with Crippen LogP contribution < -0.4 is 24.8 Å². The topological polar surface area (TPSA) is 132 Å². The monoisotopic (exact) mass is 928 g/mol. The van der Waals surface area contributed by atoms with Crippen LogP contribution in [0.5, 0.6) is 17.2 Å². The smallest absolute Gasteiger partial charge is 0.407 e. The second-order valence-corrected chi connectivity index (χ2v) is 18.3. The largest absolute Gasteiger partial charge is 0.497 e. The lowest BCUT2D eigenvalue weighted by Gasteiger charge is -2.48. The van der Waals surface area contributed by atoms with Crippen LogP contribution in [-0.2, 0) is 40.1 Å². The summed E-state index contributed by atoms with van der Waals surface area (Å²) in [5.41, 5.74) is 2.51. The third kappa shape index (κ3) is 13.9. The van der Waals surface area contributed by atoms with E-state index >= 15 is 0 Å². The number of hydrogen-bond acceptors (Lipinski definition) is 12. The summed E-state index contributed by atoms with van der Waals surface area (Å²) in [6.07, 6.45) is -2.64. The number of amides is 1. The SMILES string of the molecule is [C-]#[N+]CCOP(OC1C(C)C(COC(=O)NCc2cccc(OC)c2)OC(OCCOC(c2ccccc2)(c2ccc(OC)cc2)c2ccc(OC)cc2)C1NC(C)C)N(C(C)C)C(C)C. The fraction of sp³-hybridized carbons (Fsp3) is 0.490. The van der Waals surface area contributed by atoms with E-state index in [1.165, 1.54) is 0 Å². The lowest BCUT2D eigenvalue weighted by molar-refractivity contribution is -0.256. The molecule has 0 aliphatic carbocycles. The number of rotatable bonds is 25. The van der Waals surface area contributed by atoms with Gasteiger partial charge in [-0.05, 0) is 86.3 Å². The third-order valence-electron chi connectivity index (χ3n) is 11.3. The predicted molar refractivity (Wildman–Crippen MR) is 257 cm³/mol. The van der Waals surface area contributed by atoms with E-state index in [4.69, 9.17) is 48.8 Å². The molecular weight excluding hydrogens is 860 g/mol. The molecule has 14 nitrogen and oxygen atoms in total. The van der Waals surface area contributed by atoms with Crippen molar-refractivity contribution in [2.45, 2.75) is 103 Å². The molecule has 0 aromatic heterocycles. The molecule has 0 saturated carbocycles. The van der Waals surface area contributed by atoms with Crippen LogP contribution in [0.25, 0.3) is 4.85 Å². The van der Waals surface area contributed by atoms with Gasteiger partial charge in [0.2, 0.25) is 6.54 Å². The van der Waals surface area contributed by atoms with Crippen molar-refractivity contribution in [1.82, 2.24) is 15.3 Å². The summed E-state index contributed by atoms with van der Waals surface area (Å²) in [4.78, 5) is 16.7. The number of ether oxygens (including phenoxy) is 7. The third-order valence-corrected chi connectivity index (χ3v) is 13.4. The molecule has 1 fully saturated rings. The Morgan fingerprint density at radius 2 is 1.39 bits per heavy atom. The molecule has 1 aliphatic rings. The highest BCUT2D eigenvalue weighted by atomic mass is 31.2. The van der Waals surface area contributed by atoms with Crippen molar-refractivity contribution < 1.29 is 47.0 Å². The Morgan fingerprint density at radius 3 is 1.95 bits per heavy atom. The maximum Gasteiger partial charge on any atom is 0.407 e. The second kappa shape index (κ2) is 25.9. The first-order valence-electron chi connectivity index (χ1n) is 22.6. The molecule has 15 heteroatoms. The first-order chi connectivity index (χ1) is 31.8. The maximum atomic E-state index is 13.2. The van der Waals surface area contributed by atoms with E-state index in [1.807, 2.05) is 97.9 Å². The van der Waals surface area contributed by atoms with Gasteiger partial charge in [0.25, 0.3) is 8.53 Å². The minimum absolute atomic E-state index is 0.00544. The van der Waals surface area contributed by atoms with E-state index in [9.17, 15) is 4.79 Å². The summed E-state index contributed by atoms with van der Waals surface area (Å²) in [5.74, 6) is 1.83. The van der Waals surface area contributed by atoms with E-state index in [-0.39, 0.29) is 63.6 Å². The summed E-state index contributed by atoms with van der Waals surface area (Å²) >= 11 is 0. The summed E-state index contributed by atoms with van der Waals surface area (Å²) in [6.45, 7) is 22.9. The fourth-order valence-corrected chi connectivity index (χ4v) is 9.95. The molecule has 6 unspecified atom stereocenters. The minimum Gasteiger partial charge on any atom is -0.497 e. The van der Waals surface area contributed by atoms with Crippen LogP contribution >= 0.6 is 8.53 Å². The van der Waals surface area contributed by atoms with Crippen molar-refractivity contribution in [2.75, 3.05) is 54.3 Å². The van der Waals surface area contributed by atoms with Gasteiger partial charge >= 0.3 is 6.09 Å². The number of nitrogens with zero attached hydrogens (tertiary/aromatic N) is 2. The van der Waals surface area contributed by atoms with Gasteiger partial charge in [-0.2, -0.15) is 0 Å². The highest BCUT2D eigenvalue weighted by Crippen LogP contribution is 2.50. The van der Waals surface area contributed by atoms with Gasteiger partial charge in [-0.3, -0.25) is 0 Å². The second-order valence-electron chi connectivity index (χ2n) is 16.9. The number of benzene rings is 4. The quantitative estimate of drug-likeness (QED) is 0.0284. The highest BCUT2D eigenvalue weighted by molar-refractivity contribution is 7.44. The molecule has 358 valence electrons. The summed E-state index contributed by atoms with van der Waals surface area (Å²) in [7, 11) is 3.23. The Morgan fingerprint density at radius 1 is 0.788 bits per heavy atom. The standard InChI is InChI=1S/C51H69N4O10P/c1-35(2)54-47-48(65-66(63-29-28-52-8)55(36(3)4)37(5)6)38(7)46(34-61-50(56)53-33-39-16-15-19-45(32-39)59-11)64-49(47)60-30-31-62-51(40-17-13-12-14-18-40,41-20-24-43(57-9)25-21-41)42-22-26-44(58-10)27-23-42/h12-27,32,35-38,46-49,54H,28-31,33-34H2,1-7,9-11H3,(H,53,56). The number of carbonyl (C=O) groups is 1. The molecule has 1 aliphatic heterocycles. The van der Waals surface area contributed by atoms with Gasteiger partial charge in [0, 0.05) is 30.6 Å². The summed E-state index contributed by atoms with van der Waals surface area (Å²) < 4.78 is 58.7. The Bertz CT molecular complexity index is 2030. The zero-order valence-corrected chi connectivity index (χ0v) is 41.0. The average Bonchev–Trinajstić information content (AvgIpc) is 3.32. The molecule has 5 rings (SSSR count). The molecule has 66 heavy (non-hydrogen) atoms. The number of carbonyl (C=O) groups excluding carboxylic acids is 1. The number of methoxy groups -OCH3 is 3. The minimum atomic E-state index is -1.66. The molecule has 2 N–H and O–H groups in total. The number of nitrogens with one attached hydrogen (secondary N) is 2. The van der Waals surface area contributed by atoms with E-state index in [1.54, 1.807) is 21.3 Å². The molecular formula is C51H69N4O10P. The zero-order valence-electron chi connectivity index (χ0n) is 40.1. The zero-order chi connectivity index (χ0) is 47.6. The van der Waals surface area contributed by atoms with Crippen LogP contribution in [0.2, 0.25) is 0 Å². The van der Waals surface area contributed by atoms with Crippen LogP contribution in [-0.4, -0.2) is 108 Å². The molecule has 1 heterocycles. The van der Waals surface area contributed by atoms with Gasteiger partial charge in [0.05, 0.1) is 46.7 Å². The fourth-order valence-electron chi connectivity index (χ4n) is 8.12. The van der Waals surface area contributed by atoms with E-state index in [0.717, 1.165) is 33.8 Å². The number of hydrogen-bond donors (Lipinski definition) is 2. The van der Waals surface area contributed by atoms with E-state index in [2.05, 4.69) is 73.8 Å². The average molecular weight is 929 g/mol. The Labute approximate surface area is 393 Å². The Balaban J connectivity index is 1.46. The van der Waals surface area contributed by atoms with Crippen molar-refractivity contribution >= 4 is 14.6 Å². The lowest BCUT2D eigenvalue weighted by Crippen LogP contribution is -2.63. The molecule has 4 aromatic rings. The van der Waals surface area contributed by atoms with Crippen molar-refractivity contribution in [3.05, 3.63) is 137 Å². The maximum absolute atomic E-state index is 13.2. The Kier molecular flexibility index (Phi) is 20.5. The molecule has 0 spiro atoms. The van der Waals surface area contributed by atoms with Crippen molar-refractivity contribution in [3.63, 3.8) is 0 Å². The van der Waals surface area contributed by atoms with Crippen LogP contribution in [0.15, 0.2) is 103 Å². The van der Waals surface area contributed by atoms with Crippen molar-refractivity contribution in [2.24, 2.45) is 5.92 Å². The van der Waals surface area contributed by atoms with Crippen molar-refractivity contribution in [1.29, 1.82) is 0 Å². The van der Waals surface area contributed by atoms with Crippen LogP contribution in [0.4, 0.5) is 4.79 Å². The molecule has 4 aromatic carbocycles. The number of alkyl carbamates (subject to hydrolysis) is 1. The van der Waals surface area contributed by atoms with Gasteiger partial charge < -0.3 is 57.7 Å². The predicted octanol–water partition coefficient (Wildman–Crippen LogP) is 9.36. The van der Waals surface area contributed by atoms with Crippen LogP contribution in [0, 0.1) is 12.5 Å². The lowest BCUT2D eigenvalue weighted by atomic mass is 9.80. The molecule has 1 saturated heterocycles. The molecule has 0 bridgehead atoms. The molecule has 0 radical (unpaired) electrons. The van der Waals surface area contributed by atoms with Crippen LogP contribution in [0.1, 0.15) is 70.7 Å². The normalized spacial score (nSPS) is 19.1. The van der Waals surface area contributed by atoms with E-state index < -0.39 is 44.8 Å². The van der Waals surface area contributed by atoms with Gasteiger partial charge in [0.1, 0.15) is 42.2 Å².